The summed E-state index contributed by atoms with van der Waals surface area (Å²) in [6.07, 6.45) is 7.19. The first-order chi connectivity index (χ1) is 9.02. The van der Waals surface area contributed by atoms with Crippen LogP contribution in [-0.2, 0) is 0 Å². The van der Waals surface area contributed by atoms with Gasteiger partial charge in [0.1, 0.15) is 0 Å². The van der Waals surface area contributed by atoms with Crippen molar-refractivity contribution in [2.75, 3.05) is 18.8 Å². The van der Waals surface area contributed by atoms with E-state index in [0.717, 1.165) is 19.5 Å². The number of thioether (sulfide) groups is 1. The smallest absolute Gasteiger partial charge is 0.0731 e. The maximum absolute atomic E-state index is 9.79. The highest BCUT2D eigenvalue weighted by atomic mass is 32.2. The van der Waals surface area contributed by atoms with Gasteiger partial charge in [-0.3, -0.25) is 0 Å². The fourth-order valence-electron chi connectivity index (χ4n) is 2.92. The number of hydrogen-bond acceptors (Lipinski definition) is 3. The molecule has 1 heterocycles. The van der Waals surface area contributed by atoms with Crippen molar-refractivity contribution in [1.29, 1.82) is 0 Å². The lowest BCUT2D eigenvalue weighted by Crippen LogP contribution is -2.29. The molecular formula is C16H29NOS. The summed E-state index contributed by atoms with van der Waals surface area (Å²) in [4.78, 5) is 2.47. The molecule has 0 aromatic heterocycles. The molecule has 2 nitrogen and oxygen atoms in total. The molecule has 1 aliphatic carbocycles. The van der Waals surface area contributed by atoms with Gasteiger partial charge in [0.05, 0.1) is 6.10 Å². The molecule has 1 saturated carbocycles. The highest BCUT2D eigenvalue weighted by Gasteiger charge is 2.30. The van der Waals surface area contributed by atoms with Gasteiger partial charge in [-0.2, -0.15) is 11.8 Å². The second-order valence-corrected chi connectivity index (χ2v) is 8.38. The molecule has 19 heavy (non-hydrogen) atoms. The van der Waals surface area contributed by atoms with Crippen LogP contribution in [0.15, 0.2) is 11.3 Å². The third-order valence-corrected chi connectivity index (χ3v) is 5.74. The standard InChI is InChI=1S/C16H29NOS/c1-4-10-19-16(2,3)11-15(13-6-5-7-13)17-9-8-14(18)12-17/h14,18H,4-12H2,1-3H3. The van der Waals surface area contributed by atoms with E-state index in [9.17, 15) is 5.11 Å². The third-order valence-electron chi connectivity index (χ3n) is 4.20. The predicted molar refractivity (Wildman–Crippen MR) is 84.5 cm³/mol. The lowest BCUT2D eigenvalue weighted by molar-refractivity contribution is 0.182. The molecule has 0 spiro atoms. The van der Waals surface area contributed by atoms with Crippen molar-refractivity contribution in [3.8, 4) is 0 Å². The van der Waals surface area contributed by atoms with Crippen molar-refractivity contribution in [3.05, 3.63) is 11.3 Å². The monoisotopic (exact) mass is 283 g/mol. The number of rotatable bonds is 6. The fourth-order valence-corrected chi connectivity index (χ4v) is 3.92. The summed E-state index contributed by atoms with van der Waals surface area (Å²) in [5.74, 6) is 1.25. The number of nitrogens with zero attached hydrogens (tertiary/aromatic N) is 1. The molecule has 1 unspecified atom stereocenters. The Balaban J connectivity index is 2.03. The zero-order valence-corrected chi connectivity index (χ0v) is 13.6. The Hall–Kier alpha value is -0.150. The number of aliphatic hydroxyl groups excluding tert-OH is 1. The average molecular weight is 283 g/mol. The summed E-state index contributed by atoms with van der Waals surface area (Å²) in [6, 6.07) is 0. The molecular weight excluding hydrogens is 254 g/mol. The van der Waals surface area contributed by atoms with Crippen LogP contribution in [0.4, 0.5) is 0 Å². The normalized spacial score (nSPS) is 23.7. The first kappa shape index (κ1) is 15.2. The van der Waals surface area contributed by atoms with Crippen LogP contribution >= 0.6 is 11.8 Å². The number of aliphatic hydroxyl groups is 1. The molecule has 1 atom stereocenters. The Labute approximate surface area is 122 Å². The first-order valence-corrected chi connectivity index (χ1v) is 8.78. The lowest BCUT2D eigenvalue weighted by Gasteiger charge is -2.35. The van der Waals surface area contributed by atoms with Gasteiger partial charge in [0.25, 0.3) is 0 Å². The van der Waals surface area contributed by atoms with Crippen LogP contribution in [0.5, 0.6) is 0 Å². The molecule has 2 fully saturated rings. The molecule has 1 N–H and O–H groups in total. The molecule has 3 heteroatoms. The molecule has 2 rings (SSSR count). The molecule has 0 aromatic rings. The zero-order chi connectivity index (χ0) is 13.9. The summed E-state index contributed by atoms with van der Waals surface area (Å²) in [5, 5.41) is 9.79. The molecule has 1 aliphatic heterocycles. The van der Waals surface area contributed by atoms with Crippen LogP contribution in [0, 0.1) is 0 Å². The van der Waals surface area contributed by atoms with Gasteiger partial charge < -0.3 is 10.0 Å². The topological polar surface area (TPSA) is 23.5 Å². The molecule has 0 bridgehead atoms. The molecule has 0 radical (unpaired) electrons. The zero-order valence-electron chi connectivity index (χ0n) is 12.7. The molecule has 110 valence electrons. The Morgan fingerprint density at radius 3 is 2.63 bits per heavy atom. The van der Waals surface area contributed by atoms with Crippen LogP contribution < -0.4 is 0 Å². The molecule has 2 aliphatic rings. The predicted octanol–water partition coefficient (Wildman–Crippen LogP) is 3.80. The van der Waals surface area contributed by atoms with Crippen molar-refractivity contribution in [1.82, 2.24) is 4.90 Å². The minimum absolute atomic E-state index is 0.109. The van der Waals surface area contributed by atoms with E-state index in [-0.39, 0.29) is 6.10 Å². The highest BCUT2D eigenvalue weighted by molar-refractivity contribution is 8.00. The molecule has 1 saturated heterocycles. The summed E-state index contributed by atoms with van der Waals surface area (Å²) < 4.78 is 0.321. The van der Waals surface area contributed by atoms with Crippen LogP contribution in [0.1, 0.15) is 59.3 Å². The van der Waals surface area contributed by atoms with Gasteiger partial charge >= 0.3 is 0 Å². The number of β-amino-alcohol motifs (C(OH)–C–C–N with tert-alkyl or cyclic N) is 1. The summed E-state index contributed by atoms with van der Waals surface area (Å²) in [6.45, 7) is 8.91. The minimum Gasteiger partial charge on any atom is -0.391 e. The fraction of sp³-hybridized carbons (Fsp3) is 0.875. The minimum atomic E-state index is -0.109. The third kappa shape index (κ3) is 4.16. The number of allylic oxidation sites excluding steroid dienone is 2. The Kier molecular flexibility index (Phi) is 5.24. The van der Waals surface area contributed by atoms with Crippen LogP contribution in [0.3, 0.4) is 0 Å². The van der Waals surface area contributed by atoms with E-state index in [2.05, 4.69) is 37.4 Å². The second kappa shape index (κ2) is 6.53. The van der Waals surface area contributed by atoms with Crippen LogP contribution in [-0.4, -0.2) is 39.7 Å². The van der Waals surface area contributed by atoms with Crippen molar-refractivity contribution >= 4 is 11.8 Å². The van der Waals surface area contributed by atoms with Gasteiger partial charge in [0.2, 0.25) is 0 Å². The quantitative estimate of drug-likeness (QED) is 0.802. The molecule has 0 aromatic carbocycles. The highest BCUT2D eigenvalue weighted by Crippen LogP contribution is 2.39. The average Bonchev–Trinajstić information content (AvgIpc) is 2.70. The summed E-state index contributed by atoms with van der Waals surface area (Å²) in [5.41, 5.74) is 3.23. The van der Waals surface area contributed by atoms with Crippen molar-refractivity contribution < 1.29 is 5.11 Å². The first-order valence-electron chi connectivity index (χ1n) is 7.79. The van der Waals surface area contributed by atoms with Crippen molar-refractivity contribution in [2.24, 2.45) is 0 Å². The van der Waals surface area contributed by atoms with Gasteiger partial charge in [0.15, 0.2) is 0 Å². The van der Waals surface area contributed by atoms with Gasteiger partial charge in [-0.05, 0) is 37.9 Å². The van der Waals surface area contributed by atoms with Gasteiger partial charge in [-0.1, -0.05) is 26.3 Å². The Morgan fingerprint density at radius 1 is 1.42 bits per heavy atom. The van der Waals surface area contributed by atoms with E-state index >= 15 is 0 Å². The van der Waals surface area contributed by atoms with Crippen molar-refractivity contribution in [3.63, 3.8) is 0 Å². The Morgan fingerprint density at radius 2 is 2.16 bits per heavy atom. The maximum Gasteiger partial charge on any atom is 0.0731 e. The van der Waals surface area contributed by atoms with Crippen LogP contribution in [0.25, 0.3) is 0 Å². The van der Waals surface area contributed by atoms with E-state index in [1.165, 1.54) is 37.9 Å². The van der Waals surface area contributed by atoms with E-state index in [4.69, 9.17) is 0 Å². The largest absolute Gasteiger partial charge is 0.391 e. The van der Waals surface area contributed by atoms with Gasteiger partial charge in [0, 0.05) is 30.0 Å². The van der Waals surface area contributed by atoms with Gasteiger partial charge in [-0.15, -0.1) is 0 Å². The lowest BCUT2D eigenvalue weighted by atomic mass is 9.87. The van der Waals surface area contributed by atoms with Crippen LogP contribution in [0.2, 0.25) is 0 Å². The Bertz CT molecular complexity index is 332. The van der Waals surface area contributed by atoms with E-state index in [0.29, 0.717) is 4.75 Å². The number of likely N-dealkylation sites (tertiary alicyclic amines) is 1. The maximum atomic E-state index is 9.79. The van der Waals surface area contributed by atoms with E-state index < -0.39 is 0 Å². The summed E-state index contributed by atoms with van der Waals surface area (Å²) >= 11 is 2.10. The summed E-state index contributed by atoms with van der Waals surface area (Å²) in [7, 11) is 0. The molecule has 0 amide bonds. The van der Waals surface area contributed by atoms with Crippen molar-refractivity contribution in [2.45, 2.75) is 70.1 Å². The van der Waals surface area contributed by atoms with E-state index in [1.54, 1.807) is 11.3 Å². The number of hydrogen-bond donors (Lipinski definition) is 1. The van der Waals surface area contributed by atoms with Gasteiger partial charge in [-0.25, -0.2) is 0 Å². The SMILES string of the molecule is CCCSC(C)(C)CC(=C1CCC1)N1CCC(O)C1. The van der Waals surface area contributed by atoms with E-state index in [1.807, 2.05) is 0 Å². The second-order valence-electron chi connectivity index (χ2n) is 6.58.